The van der Waals surface area contributed by atoms with Crippen LogP contribution in [0.25, 0.3) is 0 Å². The van der Waals surface area contributed by atoms with Crippen molar-refractivity contribution in [2.24, 2.45) is 10.7 Å². The van der Waals surface area contributed by atoms with Crippen LogP contribution in [0.1, 0.15) is 136 Å². The number of hydrogen-bond donors (Lipinski definition) is 2. The molecule has 1 aliphatic rings. The van der Waals surface area contributed by atoms with Crippen LogP contribution in [0.3, 0.4) is 0 Å². The quantitative estimate of drug-likeness (QED) is 0.0889. The van der Waals surface area contributed by atoms with Gasteiger partial charge in [0.25, 0.3) is 0 Å². The fourth-order valence-corrected chi connectivity index (χ4v) is 4.83. The van der Waals surface area contributed by atoms with Crippen LogP contribution in [0, 0.1) is 0 Å². The molecule has 2 unspecified atom stereocenters. The van der Waals surface area contributed by atoms with E-state index >= 15 is 0 Å². The molecule has 34 heavy (non-hydrogen) atoms. The zero-order chi connectivity index (χ0) is 24.9. The van der Waals surface area contributed by atoms with Gasteiger partial charge in [0.2, 0.25) is 5.84 Å². The predicted molar refractivity (Wildman–Crippen MR) is 146 cm³/mol. The summed E-state index contributed by atoms with van der Waals surface area (Å²) in [7, 11) is 0. The summed E-state index contributed by atoms with van der Waals surface area (Å²) in [6, 6.07) is 0. The maximum Gasteiger partial charge on any atom is 0.360 e. The van der Waals surface area contributed by atoms with Crippen molar-refractivity contribution in [1.82, 2.24) is 0 Å². The molecule has 1 aliphatic heterocycles. The van der Waals surface area contributed by atoms with Gasteiger partial charge in [-0.25, -0.2) is 14.3 Å². The summed E-state index contributed by atoms with van der Waals surface area (Å²) in [5.74, 6) is 0.0647. The maximum absolute atomic E-state index is 11.3. The lowest BCUT2D eigenvalue weighted by Gasteiger charge is -2.34. The highest BCUT2D eigenvalue weighted by atomic mass is 16.4. The predicted octanol–water partition coefficient (Wildman–Crippen LogP) is 8.06. The molecule has 0 amide bonds. The molecule has 1 rings (SSSR count). The summed E-state index contributed by atoms with van der Waals surface area (Å²) in [6.07, 6.45) is 32.7. The summed E-state index contributed by atoms with van der Waals surface area (Å²) in [5, 5.41) is 9.28. The molecule has 0 bridgehead atoms. The van der Waals surface area contributed by atoms with Crippen LogP contribution in [-0.2, 0) is 4.79 Å². The molecular formula is C29H54N3O2+. The fourth-order valence-electron chi connectivity index (χ4n) is 4.83. The van der Waals surface area contributed by atoms with Crippen molar-refractivity contribution in [3.05, 3.63) is 24.6 Å². The van der Waals surface area contributed by atoms with Crippen molar-refractivity contribution >= 4 is 11.8 Å². The van der Waals surface area contributed by atoms with Crippen molar-refractivity contribution in [2.45, 2.75) is 142 Å². The minimum absolute atomic E-state index is 0.0238. The molecule has 0 spiro atoms. The minimum atomic E-state index is -0.835. The first-order valence-electron chi connectivity index (χ1n) is 14.3. The number of nitrogens with zero attached hydrogens (tertiary/aromatic N) is 2. The first-order chi connectivity index (χ1) is 16.5. The zero-order valence-electron chi connectivity index (χ0n) is 22.4. The highest BCUT2D eigenvalue weighted by molar-refractivity contribution is 5.81. The van der Waals surface area contributed by atoms with Crippen LogP contribution in [0.4, 0.5) is 0 Å². The lowest BCUT2D eigenvalue weighted by molar-refractivity contribution is -0.805. The van der Waals surface area contributed by atoms with E-state index in [2.05, 4.69) is 24.1 Å². The van der Waals surface area contributed by atoms with E-state index in [0.717, 1.165) is 18.7 Å². The fraction of sp³-hybridized carbons (Fsp3) is 0.793. The average Bonchev–Trinajstić information content (AvgIpc) is 3.20. The maximum atomic E-state index is 11.3. The van der Waals surface area contributed by atoms with Crippen LogP contribution < -0.4 is 5.73 Å². The van der Waals surface area contributed by atoms with Gasteiger partial charge in [0.05, 0.1) is 6.20 Å². The van der Waals surface area contributed by atoms with E-state index in [1.807, 2.05) is 13.1 Å². The third kappa shape index (κ3) is 13.4. The van der Waals surface area contributed by atoms with E-state index in [1.54, 1.807) is 6.20 Å². The Morgan fingerprint density at radius 1 is 0.882 bits per heavy atom. The van der Waals surface area contributed by atoms with Crippen LogP contribution in [0.15, 0.2) is 29.5 Å². The van der Waals surface area contributed by atoms with Crippen LogP contribution in [-0.4, -0.2) is 34.1 Å². The Labute approximate surface area is 210 Å². The Bertz CT molecular complexity index is 612. The molecule has 196 valence electrons. The molecule has 0 aromatic heterocycles. The van der Waals surface area contributed by atoms with E-state index in [0.29, 0.717) is 0 Å². The van der Waals surface area contributed by atoms with Gasteiger partial charge < -0.3 is 5.11 Å². The van der Waals surface area contributed by atoms with Gasteiger partial charge in [-0.1, -0.05) is 109 Å². The number of amidine groups is 1. The number of unbranched alkanes of at least 4 members (excludes halogenated alkanes) is 16. The first kappa shape index (κ1) is 30.6. The summed E-state index contributed by atoms with van der Waals surface area (Å²) in [6.45, 7) is 4.08. The normalized spacial score (nSPS) is 18.6. The second-order valence-corrected chi connectivity index (χ2v) is 10.2. The molecule has 0 radical (unpaired) electrons. The average molecular weight is 477 g/mol. The van der Waals surface area contributed by atoms with Gasteiger partial charge in [-0.3, -0.25) is 5.73 Å². The Morgan fingerprint density at radius 3 is 1.82 bits per heavy atom. The number of nitrogens with two attached hydrogens (primary N) is 1. The molecular weight excluding hydrogens is 422 g/mol. The molecule has 0 saturated carbocycles. The van der Waals surface area contributed by atoms with Crippen molar-refractivity contribution in [3.8, 4) is 0 Å². The third-order valence-corrected chi connectivity index (χ3v) is 7.05. The Balaban J connectivity index is 1.89. The lowest BCUT2D eigenvalue weighted by atomic mass is 10.0. The minimum Gasteiger partial charge on any atom is -0.477 e. The number of aliphatic imine (C=N–C) groups is 1. The summed E-state index contributed by atoms with van der Waals surface area (Å²) in [5.41, 5.74) is 6.12. The van der Waals surface area contributed by atoms with E-state index in [9.17, 15) is 9.90 Å². The monoisotopic (exact) mass is 476 g/mol. The Kier molecular flexibility index (Phi) is 17.8. The van der Waals surface area contributed by atoms with Gasteiger partial charge in [0, 0.05) is 13.3 Å². The van der Waals surface area contributed by atoms with E-state index in [-0.39, 0.29) is 17.2 Å². The molecule has 0 saturated heterocycles. The molecule has 0 aromatic rings. The molecule has 0 aliphatic carbocycles. The first-order valence-corrected chi connectivity index (χ1v) is 14.3. The van der Waals surface area contributed by atoms with Crippen LogP contribution in [0.2, 0.25) is 0 Å². The number of carboxylic acids is 1. The van der Waals surface area contributed by atoms with E-state index < -0.39 is 5.97 Å². The Hall–Kier alpha value is -1.46. The number of allylic oxidation sites excluding steroid dienone is 2. The van der Waals surface area contributed by atoms with Crippen molar-refractivity contribution in [2.75, 3.05) is 6.54 Å². The number of quaternary nitrogens is 1. The van der Waals surface area contributed by atoms with Gasteiger partial charge in [-0.2, -0.15) is 0 Å². The van der Waals surface area contributed by atoms with Crippen molar-refractivity contribution in [3.63, 3.8) is 0 Å². The summed E-state index contributed by atoms with van der Waals surface area (Å²) in [4.78, 5) is 15.8. The number of rotatable bonds is 23. The Morgan fingerprint density at radius 2 is 1.35 bits per heavy atom. The van der Waals surface area contributed by atoms with Gasteiger partial charge in [0.15, 0.2) is 6.54 Å². The third-order valence-electron chi connectivity index (χ3n) is 7.05. The SMILES string of the molecule is CCC/C=C/CCCCCCCCCCCCCCCCCC1=NC=C[N+]1(CC(=O)O)C(C)N. The smallest absolute Gasteiger partial charge is 0.360 e. The topological polar surface area (TPSA) is 75.7 Å². The number of carboxylic acid groups (broad SMARTS) is 1. The lowest BCUT2D eigenvalue weighted by Crippen LogP contribution is -2.59. The molecule has 1 heterocycles. The number of carbonyl (C=O) groups is 1. The number of aliphatic carboxylic acids is 1. The molecule has 5 heteroatoms. The highest BCUT2D eigenvalue weighted by Crippen LogP contribution is 2.23. The summed E-state index contributed by atoms with van der Waals surface area (Å²) >= 11 is 0. The van der Waals surface area contributed by atoms with Gasteiger partial charge in [-0.15, -0.1) is 0 Å². The van der Waals surface area contributed by atoms with Gasteiger partial charge in [-0.05, 0) is 25.7 Å². The largest absolute Gasteiger partial charge is 0.477 e. The van der Waals surface area contributed by atoms with Crippen molar-refractivity contribution in [1.29, 1.82) is 0 Å². The number of hydrogen-bond acceptors (Lipinski definition) is 3. The molecule has 3 N–H and O–H groups in total. The molecule has 0 aromatic carbocycles. The molecule has 2 atom stereocenters. The molecule has 0 fully saturated rings. The second kappa shape index (κ2) is 19.8. The van der Waals surface area contributed by atoms with Gasteiger partial charge >= 0.3 is 5.97 Å². The highest BCUT2D eigenvalue weighted by Gasteiger charge is 2.40. The van der Waals surface area contributed by atoms with E-state index in [4.69, 9.17) is 5.73 Å². The second-order valence-electron chi connectivity index (χ2n) is 10.2. The molecule has 5 nitrogen and oxygen atoms in total. The van der Waals surface area contributed by atoms with Crippen LogP contribution in [0.5, 0.6) is 0 Å². The van der Waals surface area contributed by atoms with E-state index in [1.165, 1.54) is 109 Å². The summed E-state index contributed by atoms with van der Waals surface area (Å²) < 4.78 is 0.173. The zero-order valence-corrected chi connectivity index (χ0v) is 22.4. The van der Waals surface area contributed by atoms with Gasteiger partial charge in [0.1, 0.15) is 12.4 Å². The van der Waals surface area contributed by atoms with Crippen LogP contribution >= 0.6 is 0 Å². The van der Waals surface area contributed by atoms with Crippen molar-refractivity contribution < 1.29 is 14.4 Å². The standard InChI is InChI=1S/C29H53N3O2/c1-3-4-5-6-7-8-9-10-11-12-13-14-15-16-17-18-19-20-21-22-23-28-31-24-25-32(28,27(2)30)26-29(33)34/h5-6,24-25,27H,3-4,7-23,26,30H2,1-2H3/p+1/b6-5+.